The van der Waals surface area contributed by atoms with E-state index in [2.05, 4.69) is 0 Å². The zero-order valence-corrected chi connectivity index (χ0v) is 5.72. The molecule has 0 spiro atoms. The summed E-state index contributed by atoms with van der Waals surface area (Å²) in [7, 11) is 0. The first-order valence-corrected chi connectivity index (χ1v) is 2.98. The molecule has 0 aliphatic rings. The van der Waals surface area contributed by atoms with Crippen LogP contribution < -0.4 is 5.11 Å². The van der Waals surface area contributed by atoms with Crippen LogP contribution in [0.2, 0.25) is 0 Å². The largest absolute Gasteiger partial charge is 0.548 e. The predicted octanol–water partition coefficient (Wildman–Crippen LogP) is -0.449. The second-order valence-electron chi connectivity index (χ2n) is 1.90. The summed E-state index contributed by atoms with van der Waals surface area (Å²) in [6.45, 7) is 3.46. The Labute approximate surface area is 54.6 Å². The van der Waals surface area contributed by atoms with Crippen molar-refractivity contribution in [3.05, 3.63) is 0 Å². The number of hydrogen-bond acceptors (Lipinski definition) is 3. The van der Waals surface area contributed by atoms with Crippen LogP contribution in [0.4, 0.5) is 0 Å². The molecule has 54 valence electrons. The van der Waals surface area contributed by atoms with Crippen LogP contribution in [-0.4, -0.2) is 18.7 Å². The Kier molecular flexibility index (Phi) is 4.05. The summed E-state index contributed by atoms with van der Waals surface area (Å²) in [6, 6.07) is 0. The number of ether oxygens (including phenoxy) is 1. The van der Waals surface area contributed by atoms with Gasteiger partial charge in [-0.05, 0) is 13.3 Å². The van der Waals surface area contributed by atoms with E-state index in [1.165, 1.54) is 0 Å². The van der Waals surface area contributed by atoms with Gasteiger partial charge in [0.1, 0.15) is 0 Å². The summed E-state index contributed by atoms with van der Waals surface area (Å²) in [5, 5.41) is 9.78. The lowest BCUT2D eigenvalue weighted by Gasteiger charge is -2.09. The second kappa shape index (κ2) is 4.32. The standard InChI is InChI=1S/C6H12O3/c1-3-5(2)9-4-6(7)8/h5H,3-4H2,1-2H3,(H,7,8)/p-1. The molecule has 3 nitrogen and oxygen atoms in total. The van der Waals surface area contributed by atoms with Crippen LogP contribution in [0.1, 0.15) is 20.3 Å². The first-order chi connectivity index (χ1) is 4.16. The minimum absolute atomic E-state index is 0.0166. The third-order valence-electron chi connectivity index (χ3n) is 1.06. The van der Waals surface area contributed by atoms with E-state index >= 15 is 0 Å². The van der Waals surface area contributed by atoms with Gasteiger partial charge in [0.15, 0.2) is 0 Å². The van der Waals surface area contributed by atoms with Crippen molar-refractivity contribution < 1.29 is 14.6 Å². The summed E-state index contributed by atoms with van der Waals surface area (Å²) in [5.74, 6) is -1.16. The fraction of sp³-hybridized carbons (Fsp3) is 0.833. The number of carboxylic acids is 1. The van der Waals surface area contributed by atoms with E-state index < -0.39 is 5.97 Å². The fourth-order valence-corrected chi connectivity index (χ4v) is 0.328. The molecule has 0 rings (SSSR count). The highest BCUT2D eigenvalue weighted by Gasteiger charge is 1.95. The average molecular weight is 131 g/mol. The number of aliphatic carboxylic acids is 1. The quantitative estimate of drug-likeness (QED) is 0.519. The lowest BCUT2D eigenvalue weighted by atomic mass is 10.3. The monoisotopic (exact) mass is 131 g/mol. The molecule has 0 amide bonds. The molecule has 0 fully saturated rings. The van der Waals surface area contributed by atoms with Gasteiger partial charge in [-0.2, -0.15) is 0 Å². The van der Waals surface area contributed by atoms with E-state index in [9.17, 15) is 9.90 Å². The summed E-state index contributed by atoms with van der Waals surface area (Å²) in [6.07, 6.45) is 0.843. The summed E-state index contributed by atoms with van der Waals surface area (Å²) in [5.41, 5.74) is 0. The molecule has 0 aliphatic heterocycles. The zero-order chi connectivity index (χ0) is 7.28. The number of carbonyl (C=O) groups excluding carboxylic acids is 1. The number of carbonyl (C=O) groups is 1. The maximum atomic E-state index is 9.78. The topological polar surface area (TPSA) is 49.4 Å². The normalized spacial score (nSPS) is 13.1. The van der Waals surface area contributed by atoms with Crippen LogP contribution in [-0.2, 0) is 9.53 Å². The molecule has 0 heterocycles. The van der Waals surface area contributed by atoms with Crippen molar-refractivity contribution in [2.75, 3.05) is 6.61 Å². The molecule has 0 radical (unpaired) electrons. The lowest BCUT2D eigenvalue weighted by molar-refractivity contribution is -0.310. The highest BCUT2D eigenvalue weighted by molar-refractivity contribution is 5.65. The number of rotatable bonds is 4. The molecule has 1 atom stereocenters. The molecule has 0 aromatic carbocycles. The number of hydrogen-bond donors (Lipinski definition) is 0. The Balaban J connectivity index is 3.16. The van der Waals surface area contributed by atoms with Gasteiger partial charge >= 0.3 is 0 Å². The molecular formula is C6H11O3-. The van der Waals surface area contributed by atoms with Crippen molar-refractivity contribution in [3.63, 3.8) is 0 Å². The van der Waals surface area contributed by atoms with Crippen molar-refractivity contribution in [2.45, 2.75) is 26.4 Å². The van der Waals surface area contributed by atoms with Crippen LogP contribution >= 0.6 is 0 Å². The van der Waals surface area contributed by atoms with Crippen molar-refractivity contribution in [2.24, 2.45) is 0 Å². The molecule has 0 aliphatic carbocycles. The fourth-order valence-electron chi connectivity index (χ4n) is 0.328. The lowest BCUT2D eigenvalue weighted by Crippen LogP contribution is -2.29. The summed E-state index contributed by atoms with van der Waals surface area (Å²) in [4.78, 5) is 9.78. The molecule has 0 bridgehead atoms. The van der Waals surface area contributed by atoms with Gasteiger partial charge in [0.2, 0.25) is 0 Å². The van der Waals surface area contributed by atoms with Gasteiger partial charge < -0.3 is 14.6 Å². The SMILES string of the molecule is CCC(C)OCC(=O)[O-]. The van der Waals surface area contributed by atoms with Crippen LogP contribution in [0.25, 0.3) is 0 Å². The molecule has 1 unspecified atom stereocenters. The molecule has 0 saturated carbocycles. The molecule has 0 aromatic rings. The minimum atomic E-state index is -1.16. The van der Waals surface area contributed by atoms with Gasteiger partial charge in [-0.15, -0.1) is 0 Å². The third-order valence-corrected chi connectivity index (χ3v) is 1.06. The van der Waals surface area contributed by atoms with Gasteiger partial charge in [-0.3, -0.25) is 0 Å². The smallest absolute Gasteiger partial charge is 0.0864 e. The Morgan fingerprint density at radius 1 is 1.78 bits per heavy atom. The molecular weight excluding hydrogens is 120 g/mol. The van der Waals surface area contributed by atoms with Crippen molar-refractivity contribution >= 4 is 5.97 Å². The predicted molar refractivity (Wildman–Crippen MR) is 30.7 cm³/mol. The number of carboxylic acid groups (broad SMARTS) is 1. The summed E-state index contributed by atoms with van der Waals surface area (Å²) >= 11 is 0. The van der Waals surface area contributed by atoms with Crippen molar-refractivity contribution in [3.8, 4) is 0 Å². The molecule has 0 N–H and O–H groups in total. The maximum Gasteiger partial charge on any atom is 0.0864 e. The zero-order valence-electron chi connectivity index (χ0n) is 5.72. The second-order valence-corrected chi connectivity index (χ2v) is 1.90. The summed E-state index contributed by atoms with van der Waals surface area (Å²) < 4.78 is 4.79. The van der Waals surface area contributed by atoms with E-state index in [0.29, 0.717) is 0 Å². The van der Waals surface area contributed by atoms with E-state index in [1.54, 1.807) is 0 Å². The highest BCUT2D eigenvalue weighted by Crippen LogP contribution is 1.93. The van der Waals surface area contributed by atoms with Gasteiger partial charge in [-0.25, -0.2) is 0 Å². The molecule has 0 aromatic heterocycles. The maximum absolute atomic E-state index is 9.78. The Morgan fingerprint density at radius 2 is 2.33 bits per heavy atom. The molecule has 9 heavy (non-hydrogen) atoms. The van der Waals surface area contributed by atoms with E-state index in [-0.39, 0.29) is 12.7 Å². The van der Waals surface area contributed by atoms with E-state index in [0.717, 1.165) is 6.42 Å². The first kappa shape index (κ1) is 8.43. The van der Waals surface area contributed by atoms with E-state index in [1.807, 2.05) is 13.8 Å². The van der Waals surface area contributed by atoms with Crippen LogP contribution in [0.15, 0.2) is 0 Å². The Bertz CT molecular complexity index is 90.3. The van der Waals surface area contributed by atoms with Crippen LogP contribution in [0.5, 0.6) is 0 Å². The van der Waals surface area contributed by atoms with Crippen molar-refractivity contribution in [1.29, 1.82) is 0 Å². The Morgan fingerprint density at radius 3 is 2.67 bits per heavy atom. The van der Waals surface area contributed by atoms with Gasteiger partial charge in [0, 0.05) is 0 Å². The van der Waals surface area contributed by atoms with Crippen LogP contribution in [0.3, 0.4) is 0 Å². The first-order valence-electron chi connectivity index (χ1n) is 2.98. The Hall–Kier alpha value is -0.570. The van der Waals surface area contributed by atoms with E-state index in [4.69, 9.17) is 4.74 Å². The van der Waals surface area contributed by atoms with Crippen molar-refractivity contribution in [1.82, 2.24) is 0 Å². The molecule has 0 saturated heterocycles. The highest BCUT2D eigenvalue weighted by atomic mass is 16.5. The van der Waals surface area contributed by atoms with Gasteiger partial charge in [0.05, 0.1) is 18.7 Å². The molecule has 3 heteroatoms. The van der Waals surface area contributed by atoms with Crippen LogP contribution in [0, 0.1) is 0 Å². The minimum Gasteiger partial charge on any atom is -0.548 e. The average Bonchev–Trinajstić information content (AvgIpc) is 1.83. The van der Waals surface area contributed by atoms with Gasteiger partial charge in [0.25, 0.3) is 0 Å². The third kappa shape index (κ3) is 5.30. The van der Waals surface area contributed by atoms with Gasteiger partial charge in [-0.1, -0.05) is 6.92 Å².